The van der Waals surface area contributed by atoms with E-state index in [2.05, 4.69) is 15.1 Å². The van der Waals surface area contributed by atoms with E-state index in [0.717, 1.165) is 27.0 Å². The summed E-state index contributed by atoms with van der Waals surface area (Å²) in [7, 11) is -3.32. The highest BCUT2D eigenvalue weighted by Crippen LogP contribution is 2.37. The molecule has 0 spiro atoms. The van der Waals surface area contributed by atoms with E-state index in [-0.39, 0.29) is 0 Å². The number of ether oxygens (including phenoxy) is 1. The van der Waals surface area contributed by atoms with E-state index in [1.807, 2.05) is 18.2 Å². The number of thiophene rings is 1. The molecule has 0 atom stereocenters. The number of H-pyrrole nitrogens is 1. The molecule has 0 radical (unpaired) electrons. The van der Waals surface area contributed by atoms with Crippen molar-refractivity contribution in [3.05, 3.63) is 30.5 Å². The van der Waals surface area contributed by atoms with Gasteiger partial charge in [0.15, 0.2) is 21.5 Å². The maximum atomic E-state index is 12.1. The maximum Gasteiger partial charge on any atom is 0.184 e. The van der Waals surface area contributed by atoms with Crippen LogP contribution in [0.15, 0.2) is 34.7 Å². The molecule has 1 aromatic carbocycles. The zero-order valence-corrected chi connectivity index (χ0v) is 16.7. The molecule has 4 heterocycles. The lowest BCUT2D eigenvalue weighted by Gasteiger charge is -2.28. The van der Waals surface area contributed by atoms with Crippen LogP contribution in [0.25, 0.3) is 32.5 Å². The Hall–Kier alpha value is -2.56. The summed E-state index contributed by atoms with van der Waals surface area (Å²) in [4.78, 5) is 11.7. The summed E-state index contributed by atoms with van der Waals surface area (Å²) < 4.78 is 30.7. The lowest BCUT2D eigenvalue weighted by molar-refractivity contribution is 0.122. The van der Waals surface area contributed by atoms with Crippen LogP contribution in [-0.4, -0.2) is 61.1 Å². The standard InChI is InChI=1S/C18H17N5O3S2/c1-28(24,25)15-9-14-16(27-15)18(23-5-7-26-8-6-23)21-17(20-14)11-3-2-4-13-12(11)10-19-22-13/h2-4,9-10H,5-8H2,1H3,(H,19,22). The average Bonchev–Trinajstić information content (AvgIpc) is 3.34. The number of sulfone groups is 1. The van der Waals surface area contributed by atoms with Gasteiger partial charge in [0, 0.05) is 30.3 Å². The fourth-order valence-electron chi connectivity index (χ4n) is 3.35. The molecule has 1 aliphatic rings. The molecule has 3 aromatic heterocycles. The molecule has 1 fully saturated rings. The quantitative estimate of drug-likeness (QED) is 0.548. The number of rotatable bonds is 3. The number of morpholine rings is 1. The van der Waals surface area contributed by atoms with Crippen LogP contribution in [0.2, 0.25) is 0 Å². The van der Waals surface area contributed by atoms with Gasteiger partial charge in [-0.2, -0.15) is 5.10 Å². The van der Waals surface area contributed by atoms with Gasteiger partial charge in [0.2, 0.25) is 0 Å². The minimum atomic E-state index is -3.32. The number of hydrogen-bond acceptors (Lipinski definition) is 8. The van der Waals surface area contributed by atoms with Gasteiger partial charge in [0.25, 0.3) is 0 Å². The molecule has 1 aliphatic heterocycles. The highest BCUT2D eigenvalue weighted by molar-refractivity contribution is 7.93. The van der Waals surface area contributed by atoms with Gasteiger partial charge in [0.1, 0.15) is 4.21 Å². The van der Waals surface area contributed by atoms with Crippen LogP contribution in [0.5, 0.6) is 0 Å². The molecule has 0 amide bonds. The molecule has 144 valence electrons. The average molecular weight is 416 g/mol. The number of fused-ring (bicyclic) bond motifs is 2. The van der Waals surface area contributed by atoms with Gasteiger partial charge in [0.05, 0.1) is 35.1 Å². The summed E-state index contributed by atoms with van der Waals surface area (Å²) in [6.07, 6.45) is 2.97. The Kier molecular flexibility index (Phi) is 4.07. The predicted octanol–water partition coefficient (Wildman–Crippen LogP) is 2.47. The molecule has 0 bridgehead atoms. The third kappa shape index (κ3) is 2.93. The molecule has 8 nitrogen and oxygen atoms in total. The van der Waals surface area contributed by atoms with Crippen molar-refractivity contribution in [3.8, 4) is 11.4 Å². The van der Waals surface area contributed by atoms with Crippen LogP contribution in [0.1, 0.15) is 0 Å². The molecule has 1 saturated heterocycles. The van der Waals surface area contributed by atoms with E-state index in [1.165, 1.54) is 17.6 Å². The first-order chi connectivity index (χ1) is 13.5. The normalized spacial score (nSPS) is 15.5. The van der Waals surface area contributed by atoms with Crippen LogP contribution < -0.4 is 4.90 Å². The smallest absolute Gasteiger partial charge is 0.184 e. The monoisotopic (exact) mass is 415 g/mol. The van der Waals surface area contributed by atoms with E-state index in [1.54, 1.807) is 12.3 Å². The lowest BCUT2D eigenvalue weighted by atomic mass is 10.1. The van der Waals surface area contributed by atoms with E-state index in [9.17, 15) is 8.42 Å². The number of nitrogens with one attached hydrogen (secondary N) is 1. The highest BCUT2D eigenvalue weighted by atomic mass is 32.2. The molecule has 28 heavy (non-hydrogen) atoms. The molecule has 0 saturated carbocycles. The van der Waals surface area contributed by atoms with Crippen molar-refractivity contribution < 1.29 is 13.2 Å². The number of hydrogen-bond donors (Lipinski definition) is 1. The minimum Gasteiger partial charge on any atom is -0.378 e. The molecule has 10 heteroatoms. The first-order valence-electron chi connectivity index (χ1n) is 8.77. The zero-order valence-electron chi connectivity index (χ0n) is 15.0. The van der Waals surface area contributed by atoms with E-state index in [0.29, 0.717) is 41.9 Å². The first kappa shape index (κ1) is 17.5. The third-order valence-corrected chi connectivity index (χ3v) is 7.65. The SMILES string of the molecule is CS(=O)(=O)c1cc2nc(-c3cccc4[nH]ncc34)nc(N3CCOCC3)c2s1. The Morgan fingerprint density at radius 1 is 1.21 bits per heavy atom. The van der Waals surface area contributed by atoms with Gasteiger partial charge in [-0.1, -0.05) is 12.1 Å². The number of aromatic amines is 1. The van der Waals surface area contributed by atoms with Gasteiger partial charge in [-0.05, 0) is 12.1 Å². The number of aromatic nitrogens is 4. The second-order valence-electron chi connectivity index (χ2n) is 6.66. The number of nitrogens with zero attached hydrogens (tertiary/aromatic N) is 4. The van der Waals surface area contributed by atoms with E-state index < -0.39 is 9.84 Å². The predicted molar refractivity (Wildman–Crippen MR) is 109 cm³/mol. The van der Waals surface area contributed by atoms with Crippen molar-refractivity contribution in [2.45, 2.75) is 4.21 Å². The molecule has 1 N–H and O–H groups in total. The highest BCUT2D eigenvalue weighted by Gasteiger charge is 2.23. The number of benzene rings is 1. The van der Waals surface area contributed by atoms with Crippen LogP contribution >= 0.6 is 11.3 Å². The van der Waals surface area contributed by atoms with Crippen molar-refractivity contribution in [1.82, 2.24) is 20.2 Å². The van der Waals surface area contributed by atoms with Crippen LogP contribution in [-0.2, 0) is 14.6 Å². The van der Waals surface area contributed by atoms with Gasteiger partial charge in [-0.15, -0.1) is 11.3 Å². The first-order valence-corrected chi connectivity index (χ1v) is 11.5. The summed E-state index contributed by atoms with van der Waals surface area (Å²) in [5.41, 5.74) is 2.39. The van der Waals surface area contributed by atoms with Crippen molar-refractivity contribution in [2.24, 2.45) is 0 Å². The molecule has 5 rings (SSSR count). The van der Waals surface area contributed by atoms with Crippen molar-refractivity contribution in [2.75, 3.05) is 37.5 Å². The fraction of sp³-hybridized carbons (Fsp3) is 0.278. The van der Waals surface area contributed by atoms with Crippen LogP contribution in [0.3, 0.4) is 0 Å². The summed E-state index contributed by atoms with van der Waals surface area (Å²) in [6.45, 7) is 2.63. The molecule has 0 unspecified atom stereocenters. The largest absolute Gasteiger partial charge is 0.378 e. The van der Waals surface area contributed by atoms with Gasteiger partial charge in [-0.25, -0.2) is 18.4 Å². The lowest BCUT2D eigenvalue weighted by Crippen LogP contribution is -2.36. The van der Waals surface area contributed by atoms with Gasteiger partial charge in [-0.3, -0.25) is 5.10 Å². The Balaban J connectivity index is 1.77. The second-order valence-corrected chi connectivity index (χ2v) is 9.95. The Morgan fingerprint density at radius 3 is 2.82 bits per heavy atom. The Labute approximate surface area is 165 Å². The van der Waals surface area contributed by atoms with Crippen molar-refractivity contribution >= 4 is 48.1 Å². The summed E-state index contributed by atoms with van der Waals surface area (Å²) >= 11 is 1.22. The Morgan fingerprint density at radius 2 is 2.04 bits per heavy atom. The van der Waals surface area contributed by atoms with Crippen molar-refractivity contribution in [1.29, 1.82) is 0 Å². The maximum absolute atomic E-state index is 12.1. The van der Waals surface area contributed by atoms with Crippen LogP contribution in [0, 0.1) is 0 Å². The van der Waals surface area contributed by atoms with Crippen molar-refractivity contribution in [3.63, 3.8) is 0 Å². The minimum absolute atomic E-state index is 0.296. The third-order valence-electron chi connectivity index (χ3n) is 4.73. The summed E-state index contributed by atoms with van der Waals surface area (Å²) in [6, 6.07) is 7.46. The second kappa shape index (κ2) is 6.50. The van der Waals surface area contributed by atoms with Gasteiger partial charge >= 0.3 is 0 Å². The Bertz CT molecular complexity index is 1290. The zero-order chi connectivity index (χ0) is 19.3. The van der Waals surface area contributed by atoms with E-state index >= 15 is 0 Å². The molecular formula is C18H17N5O3S2. The summed E-state index contributed by atoms with van der Waals surface area (Å²) in [5.74, 6) is 1.31. The van der Waals surface area contributed by atoms with Crippen LogP contribution in [0.4, 0.5) is 5.82 Å². The summed E-state index contributed by atoms with van der Waals surface area (Å²) in [5, 5.41) is 8.00. The topological polar surface area (TPSA) is 101 Å². The van der Waals surface area contributed by atoms with E-state index in [4.69, 9.17) is 14.7 Å². The van der Waals surface area contributed by atoms with Gasteiger partial charge < -0.3 is 9.64 Å². The number of anilines is 1. The fourth-order valence-corrected chi connectivity index (χ4v) is 5.38. The molecule has 0 aliphatic carbocycles. The molecule has 4 aromatic rings. The molecular weight excluding hydrogens is 398 g/mol.